The van der Waals surface area contributed by atoms with Crippen LogP contribution < -0.4 is 0 Å². The van der Waals surface area contributed by atoms with Crippen LogP contribution >= 0.6 is 11.6 Å². The highest BCUT2D eigenvalue weighted by atomic mass is 35.5. The van der Waals surface area contributed by atoms with Crippen LogP contribution in [0.5, 0.6) is 0 Å². The number of carbonyl (C=O) groups is 1. The molecule has 0 aliphatic carbocycles. The largest absolute Gasteiger partial charge is 0.298 e. The molecule has 3 aromatic rings. The van der Waals surface area contributed by atoms with Gasteiger partial charge in [-0.25, -0.2) is 0 Å². The number of aryl methyl sites for hydroxylation is 2. The fraction of sp³-hybridized carbons (Fsp3) is 0.182. The van der Waals surface area contributed by atoms with Crippen LogP contribution in [0.2, 0.25) is 5.02 Å². The molecule has 0 fully saturated rings. The van der Waals surface area contributed by atoms with Crippen molar-refractivity contribution in [3.05, 3.63) is 99.8 Å². The van der Waals surface area contributed by atoms with Gasteiger partial charge in [-0.2, -0.15) is 0 Å². The highest BCUT2D eigenvalue weighted by Crippen LogP contribution is 2.42. The van der Waals surface area contributed by atoms with Crippen LogP contribution in [-0.2, 0) is 10.2 Å². The standard InChI is InChI=1S/C22H20ClNO/c1-15-13-20(23)9-10-21(15)22(17(3)25,18-7-5-4-6-8-18)19-11-12-24-16(2)14-19/h4-14H,1-3H3/t22-/m1/s1. The molecule has 3 heteroatoms. The molecule has 0 amide bonds. The van der Waals surface area contributed by atoms with Gasteiger partial charge in [-0.15, -0.1) is 0 Å². The molecule has 0 aliphatic rings. The van der Waals surface area contributed by atoms with Gasteiger partial charge in [0.15, 0.2) is 0 Å². The summed E-state index contributed by atoms with van der Waals surface area (Å²) in [6.45, 7) is 5.58. The summed E-state index contributed by atoms with van der Waals surface area (Å²) in [4.78, 5) is 17.5. The lowest BCUT2D eigenvalue weighted by Gasteiger charge is -2.34. The minimum Gasteiger partial charge on any atom is -0.298 e. The number of hydrogen-bond acceptors (Lipinski definition) is 2. The van der Waals surface area contributed by atoms with Crippen LogP contribution in [0.15, 0.2) is 66.9 Å². The van der Waals surface area contributed by atoms with Gasteiger partial charge in [0.1, 0.15) is 11.2 Å². The van der Waals surface area contributed by atoms with E-state index in [1.807, 2.05) is 74.5 Å². The molecule has 0 bridgehead atoms. The Bertz CT molecular complexity index is 920. The highest BCUT2D eigenvalue weighted by molar-refractivity contribution is 6.30. The van der Waals surface area contributed by atoms with Gasteiger partial charge < -0.3 is 0 Å². The Labute approximate surface area is 153 Å². The van der Waals surface area contributed by atoms with Gasteiger partial charge in [-0.05, 0) is 67.3 Å². The van der Waals surface area contributed by atoms with Gasteiger partial charge >= 0.3 is 0 Å². The summed E-state index contributed by atoms with van der Waals surface area (Å²) in [7, 11) is 0. The lowest BCUT2D eigenvalue weighted by molar-refractivity contribution is -0.119. The molecule has 2 aromatic carbocycles. The Morgan fingerprint density at radius 1 is 0.960 bits per heavy atom. The third-order valence-corrected chi connectivity index (χ3v) is 4.89. The Morgan fingerprint density at radius 3 is 2.28 bits per heavy atom. The molecule has 0 saturated carbocycles. The number of ketones is 1. The summed E-state index contributed by atoms with van der Waals surface area (Å²) < 4.78 is 0. The average molecular weight is 350 g/mol. The van der Waals surface area contributed by atoms with Crippen molar-refractivity contribution in [3.8, 4) is 0 Å². The Kier molecular flexibility index (Phi) is 4.73. The van der Waals surface area contributed by atoms with Crippen molar-refractivity contribution in [2.24, 2.45) is 0 Å². The molecule has 0 spiro atoms. The number of aromatic nitrogens is 1. The zero-order valence-electron chi connectivity index (χ0n) is 14.6. The van der Waals surface area contributed by atoms with E-state index < -0.39 is 5.41 Å². The van der Waals surface area contributed by atoms with E-state index in [2.05, 4.69) is 4.98 Å². The van der Waals surface area contributed by atoms with Crippen molar-refractivity contribution in [1.82, 2.24) is 4.98 Å². The van der Waals surface area contributed by atoms with E-state index in [0.29, 0.717) is 5.02 Å². The lowest BCUT2D eigenvalue weighted by atomic mass is 9.66. The third-order valence-electron chi connectivity index (χ3n) is 4.66. The number of hydrogen-bond donors (Lipinski definition) is 0. The molecule has 1 atom stereocenters. The summed E-state index contributed by atoms with van der Waals surface area (Å²) in [6, 6.07) is 19.5. The molecule has 1 aromatic heterocycles. The SMILES string of the molecule is CC(=O)[C@@](c1ccccc1)(c1ccnc(C)c1)c1ccc(Cl)cc1C. The fourth-order valence-electron chi connectivity index (χ4n) is 3.59. The van der Waals surface area contributed by atoms with Gasteiger partial charge in [0.25, 0.3) is 0 Å². The molecule has 0 saturated heterocycles. The molecule has 0 unspecified atom stereocenters. The molecule has 0 N–H and O–H groups in total. The van der Waals surface area contributed by atoms with E-state index in [1.54, 1.807) is 13.1 Å². The number of Topliss-reactive ketones (excluding diaryl/α,β-unsaturated/α-hetero) is 1. The van der Waals surface area contributed by atoms with E-state index in [0.717, 1.165) is 27.9 Å². The Hall–Kier alpha value is -2.45. The number of pyridine rings is 1. The first-order chi connectivity index (χ1) is 12.0. The first-order valence-electron chi connectivity index (χ1n) is 8.22. The zero-order valence-corrected chi connectivity index (χ0v) is 15.3. The van der Waals surface area contributed by atoms with E-state index in [-0.39, 0.29) is 5.78 Å². The molecule has 1 heterocycles. The average Bonchev–Trinajstić information content (AvgIpc) is 2.58. The molecular weight excluding hydrogens is 330 g/mol. The van der Waals surface area contributed by atoms with Crippen molar-refractivity contribution >= 4 is 17.4 Å². The second-order valence-electron chi connectivity index (χ2n) is 6.32. The second kappa shape index (κ2) is 6.81. The van der Waals surface area contributed by atoms with Gasteiger partial charge in [0, 0.05) is 16.9 Å². The normalized spacial score (nSPS) is 13.3. The Morgan fingerprint density at radius 2 is 1.68 bits per heavy atom. The quantitative estimate of drug-likeness (QED) is 0.641. The molecule has 3 rings (SSSR count). The number of halogens is 1. The van der Waals surface area contributed by atoms with E-state index >= 15 is 0 Å². The fourth-order valence-corrected chi connectivity index (χ4v) is 3.82. The maximum atomic E-state index is 13.2. The summed E-state index contributed by atoms with van der Waals surface area (Å²) in [5.41, 5.74) is 3.79. The van der Waals surface area contributed by atoms with Crippen LogP contribution in [-0.4, -0.2) is 10.8 Å². The highest BCUT2D eigenvalue weighted by Gasteiger charge is 2.42. The predicted octanol–water partition coefficient (Wildman–Crippen LogP) is 5.28. The lowest BCUT2D eigenvalue weighted by Crippen LogP contribution is -2.37. The van der Waals surface area contributed by atoms with Gasteiger partial charge in [0.05, 0.1) is 0 Å². The maximum absolute atomic E-state index is 13.2. The summed E-state index contributed by atoms with van der Waals surface area (Å²) in [5.74, 6) is 0.0646. The first kappa shape index (κ1) is 17.4. The number of rotatable bonds is 4. The van der Waals surface area contributed by atoms with Crippen LogP contribution in [0.25, 0.3) is 0 Å². The van der Waals surface area contributed by atoms with Gasteiger partial charge in [0.2, 0.25) is 0 Å². The maximum Gasteiger partial charge on any atom is 0.149 e. The van der Waals surface area contributed by atoms with Crippen molar-refractivity contribution in [3.63, 3.8) is 0 Å². The van der Waals surface area contributed by atoms with Crippen molar-refractivity contribution in [2.75, 3.05) is 0 Å². The van der Waals surface area contributed by atoms with Gasteiger partial charge in [-0.3, -0.25) is 9.78 Å². The van der Waals surface area contributed by atoms with Crippen molar-refractivity contribution in [1.29, 1.82) is 0 Å². The predicted molar refractivity (Wildman–Crippen MR) is 102 cm³/mol. The van der Waals surface area contributed by atoms with Crippen LogP contribution in [0.3, 0.4) is 0 Å². The smallest absolute Gasteiger partial charge is 0.149 e. The summed E-state index contributed by atoms with van der Waals surface area (Å²) in [5, 5.41) is 0.665. The van der Waals surface area contributed by atoms with Crippen molar-refractivity contribution < 1.29 is 4.79 Å². The second-order valence-corrected chi connectivity index (χ2v) is 6.75. The molecule has 0 radical (unpaired) electrons. The summed E-state index contributed by atoms with van der Waals surface area (Å²) in [6.07, 6.45) is 1.76. The molecule has 0 aliphatic heterocycles. The minimum atomic E-state index is -0.885. The first-order valence-corrected chi connectivity index (χ1v) is 8.60. The van der Waals surface area contributed by atoms with E-state index in [4.69, 9.17) is 11.6 Å². The molecule has 25 heavy (non-hydrogen) atoms. The number of carbonyl (C=O) groups excluding carboxylic acids is 1. The molecule has 2 nitrogen and oxygen atoms in total. The van der Waals surface area contributed by atoms with E-state index in [9.17, 15) is 4.79 Å². The van der Waals surface area contributed by atoms with Crippen LogP contribution in [0.4, 0.5) is 0 Å². The zero-order chi connectivity index (χ0) is 18.0. The monoisotopic (exact) mass is 349 g/mol. The van der Waals surface area contributed by atoms with Crippen LogP contribution in [0.1, 0.15) is 34.9 Å². The minimum absolute atomic E-state index is 0.0646. The Balaban J connectivity index is 2.44. The molecule has 126 valence electrons. The van der Waals surface area contributed by atoms with E-state index in [1.165, 1.54) is 0 Å². The topological polar surface area (TPSA) is 30.0 Å². The third kappa shape index (κ3) is 2.98. The van der Waals surface area contributed by atoms with Crippen LogP contribution in [0, 0.1) is 13.8 Å². The number of benzene rings is 2. The summed E-state index contributed by atoms with van der Waals surface area (Å²) >= 11 is 6.17. The van der Waals surface area contributed by atoms with Gasteiger partial charge in [-0.1, -0.05) is 48.0 Å². The number of nitrogens with zero attached hydrogens (tertiary/aromatic N) is 1. The van der Waals surface area contributed by atoms with Crippen molar-refractivity contribution in [2.45, 2.75) is 26.2 Å². The molecular formula is C22H20ClNO.